The molecule has 0 aliphatic rings. The van der Waals surface area contributed by atoms with Gasteiger partial charge in [0.05, 0.1) is 5.71 Å². The van der Waals surface area contributed by atoms with Gasteiger partial charge in [-0.2, -0.15) is 5.10 Å². The van der Waals surface area contributed by atoms with Crippen molar-refractivity contribution in [3.63, 3.8) is 0 Å². The number of nitrogens with one attached hydrogen (secondary N) is 1. The van der Waals surface area contributed by atoms with Crippen molar-refractivity contribution in [1.82, 2.24) is 5.43 Å². The highest BCUT2D eigenvalue weighted by Crippen LogP contribution is 2.35. The van der Waals surface area contributed by atoms with Crippen molar-refractivity contribution in [2.24, 2.45) is 5.10 Å². The summed E-state index contributed by atoms with van der Waals surface area (Å²) < 4.78 is 0. The molecule has 0 spiro atoms. The molecule has 0 saturated heterocycles. The largest absolute Gasteiger partial charge is 0.507 e. The fourth-order valence-electron chi connectivity index (χ4n) is 1.97. The van der Waals surface area contributed by atoms with E-state index in [4.69, 9.17) is 0 Å². The molecule has 0 aliphatic heterocycles. The maximum atomic E-state index is 12.0. The van der Waals surface area contributed by atoms with Crippen LogP contribution in [-0.2, 0) is 0 Å². The summed E-state index contributed by atoms with van der Waals surface area (Å²) in [7, 11) is 0. The van der Waals surface area contributed by atoms with Gasteiger partial charge < -0.3 is 20.4 Å². The minimum absolute atomic E-state index is 0.0438. The number of nitrogens with zero attached hydrogens (tertiary/aromatic N) is 1. The molecule has 120 valence electrons. The standard InChI is InChI=1S/C16H16N2O5/c1-2-11(10-5-3-4-6-12(10)19)17-18-16(23)9-7-13(20)15(22)14(21)8-9/h3-8,19-22H,2H2,1H3,(H,18,23)/b17-11+. The number of hydrogen-bond acceptors (Lipinski definition) is 6. The Hall–Kier alpha value is -3.22. The van der Waals surface area contributed by atoms with Crippen LogP contribution in [0.3, 0.4) is 0 Å². The molecule has 7 heteroatoms. The van der Waals surface area contributed by atoms with Crippen molar-refractivity contribution >= 4 is 11.6 Å². The summed E-state index contributed by atoms with van der Waals surface area (Å²) in [4.78, 5) is 12.0. The number of phenols is 4. The van der Waals surface area contributed by atoms with Crippen LogP contribution in [0.5, 0.6) is 23.0 Å². The van der Waals surface area contributed by atoms with E-state index in [0.29, 0.717) is 17.7 Å². The van der Waals surface area contributed by atoms with Gasteiger partial charge in [0.25, 0.3) is 5.91 Å². The number of para-hydroxylation sites is 1. The first-order valence-electron chi connectivity index (χ1n) is 6.84. The van der Waals surface area contributed by atoms with Crippen LogP contribution in [0, 0.1) is 0 Å². The molecule has 0 aliphatic carbocycles. The highest BCUT2D eigenvalue weighted by atomic mass is 16.3. The van der Waals surface area contributed by atoms with Crippen LogP contribution < -0.4 is 5.43 Å². The van der Waals surface area contributed by atoms with Gasteiger partial charge in [-0.05, 0) is 30.7 Å². The third kappa shape index (κ3) is 3.52. The first-order chi connectivity index (χ1) is 10.9. The van der Waals surface area contributed by atoms with E-state index in [2.05, 4.69) is 10.5 Å². The zero-order valence-electron chi connectivity index (χ0n) is 12.3. The van der Waals surface area contributed by atoms with Gasteiger partial charge in [-0.1, -0.05) is 19.1 Å². The van der Waals surface area contributed by atoms with Gasteiger partial charge in [0, 0.05) is 11.1 Å². The average Bonchev–Trinajstić information content (AvgIpc) is 2.54. The Morgan fingerprint density at radius 3 is 2.22 bits per heavy atom. The lowest BCUT2D eigenvalue weighted by Gasteiger charge is -2.08. The lowest BCUT2D eigenvalue weighted by atomic mass is 10.1. The van der Waals surface area contributed by atoms with E-state index in [1.807, 2.05) is 6.92 Å². The number of aromatic hydroxyl groups is 4. The van der Waals surface area contributed by atoms with Crippen LogP contribution in [0.25, 0.3) is 0 Å². The number of benzene rings is 2. The maximum Gasteiger partial charge on any atom is 0.271 e. The Morgan fingerprint density at radius 1 is 1.04 bits per heavy atom. The molecule has 0 aromatic heterocycles. The molecule has 2 aromatic rings. The lowest BCUT2D eigenvalue weighted by molar-refractivity contribution is 0.0954. The smallest absolute Gasteiger partial charge is 0.271 e. The number of carbonyl (C=O) groups excluding carboxylic acids is 1. The Morgan fingerprint density at radius 2 is 1.65 bits per heavy atom. The highest BCUT2D eigenvalue weighted by Gasteiger charge is 2.14. The molecule has 1 amide bonds. The van der Waals surface area contributed by atoms with Crippen molar-refractivity contribution in [2.45, 2.75) is 13.3 Å². The zero-order chi connectivity index (χ0) is 17.0. The summed E-state index contributed by atoms with van der Waals surface area (Å²) in [5.41, 5.74) is 3.16. The molecule has 0 atom stereocenters. The summed E-state index contributed by atoms with van der Waals surface area (Å²) in [6, 6.07) is 8.60. The third-order valence-electron chi connectivity index (χ3n) is 3.17. The van der Waals surface area contributed by atoms with E-state index >= 15 is 0 Å². The molecule has 7 nitrogen and oxygen atoms in total. The van der Waals surface area contributed by atoms with E-state index < -0.39 is 23.2 Å². The number of hydrazone groups is 1. The van der Waals surface area contributed by atoms with Crippen molar-refractivity contribution in [1.29, 1.82) is 0 Å². The second-order valence-corrected chi connectivity index (χ2v) is 4.73. The Kier molecular flexibility index (Phi) is 4.70. The van der Waals surface area contributed by atoms with Crippen LogP contribution in [0.2, 0.25) is 0 Å². The van der Waals surface area contributed by atoms with E-state index in [1.54, 1.807) is 18.2 Å². The molecule has 5 N–H and O–H groups in total. The topological polar surface area (TPSA) is 122 Å². The molecular weight excluding hydrogens is 300 g/mol. The van der Waals surface area contributed by atoms with Crippen molar-refractivity contribution in [3.05, 3.63) is 47.5 Å². The summed E-state index contributed by atoms with van der Waals surface area (Å²) in [6.45, 7) is 1.82. The molecule has 2 aromatic carbocycles. The molecule has 0 radical (unpaired) electrons. The Balaban J connectivity index is 2.24. The van der Waals surface area contributed by atoms with Gasteiger partial charge in [-0.15, -0.1) is 0 Å². The van der Waals surface area contributed by atoms with Gasteiger partial charge in [-0.25, -0.2) is 5.43 Å². The van der Waals surface area contributed by atoms with Crippen LogP contribution in [0.15, 0.2) is 41.5 Å². The Labute approximate surface area is 132 Å². The molecular formula is C16H16N2O5. The van der Waals surface area contributed by atoms with Crippen molar-refractivity contribution < 1.29 is 25.2 Å². The van der Waals surface area contributed by atoms with Gasteiger partial charge >= 0.3 is 0 Å². The number of rotatable bonds is 4. The lowest BCUT2D eigenvalue weighted by Crippen LogP contribution is -2.20. The zero-order valence-corrected chi connectivity index (χ0v) is 12.3. The van der Waals surface area contributed by atoms with Gasteiger partial charge in [0.2, 0.25) is 0 Å². The third-order valence-corrected chi connectivity index (χ3v) is 3.17. The van der Waals surface area contributed by atoms with Crippen LogP contribution >= 0.6 is 0 Å². The van der Waals surface area contributed by atoms with Crippen LogP contribution in [0.4, 0.5) is 0 Å². The van der Waals surface area contributed by atoms with Gasteiger partial charge in [0.1, 0.15) is 5.75 Å². The fraction of sp³-hybridized carbons (Fsp3) is 0.125. The second-order valence-electron chi connectivity index (χ2n) is 4.73. The van der Waals surface area contributed by atoms with Crippen molar-refractivity contribution in [2.75, 3.05) is 0 Å². The normalized spacial score (nSPS) is 11.3. The highest BCUT2D eigenvalue weighted by molar-refractivity contribution is 6.04. The predicted molar refractivity (Wildman–Crippen MR) is 83.8 cm³/mol. The monoisotopic (exact) mass is 316 g/mol. The minimum Gasteiger partial charge on any atom is -0.507 e. The average molecular weight is 316 g/mol. The molecule has 0 fully saturated rings. The number of phenolic OH excluding ortho intramolecular Hbond substituents is 4. The van der Waals surface area contributed by atoms with E-state index in [1.165, 1.54) is 6.07 Å². The number of hydrogen-bond donors (Lipinski definition) is 5. The van der Waals surface area contributed by atoms with Crippen LogP contribution in [0.1, 0.15) is 29.3 Å². The van der Waals surface area contributed by atoms with Crippen molar-refractivity contribution in [3.8, 4) is 23.0 Å². The first kappa shape index (κ1) is 16.2. The molecule has 0 heterocycles. The summed E-state index contributed by atoms with van der Waals surface area (Å²) in [6.07, 6.45) is 0.462. The first-order valence-corrected chi connectivity index (χ1v) is 6.84. The molecule has 0 unspecified atom stereocenters. The Bertz CT molecular complexity index is 748. The summed E-state index contributed by atoms with van der Waals surface area (Å²) in [5, 5.41) is 41.9. The van der Waals surface area contributed by atoms with E-state index in [9.17, 15) is 25.2 Å². The number of amides is 1. The fourth-order valence-corrected chi connectivity index (χ4v) is 1.97. The van der Waals surface area contributed by atoms with E-state index in [0.717, 1.165) is 12.1 Å². The molecule has 0 saturated carbocycles. The quantitative estimate of drug-likeness (QED) is 0.336. The van der Waals surface area contributed by atoms with Gasteiger partial charge in [-0.3, -0.25) is 4.79 Å². The summed E-state index contributed by atoms with van der Waals surface area (Å²) >= 11 is 0. The molecule has 23 heavy (non-hydrogen) atoms. The summed E-state index contributed by atoms with van der Waals surface area (Å²) in [5.74, 6) is -2.57. The minimum atomic E-state index is -0.700. The molecule has 0 bridgehead atoms. The van der Waals surface area contributed by atoms with E-state index in [-0.39, 0.29) is 11.3 Å². The number of carbonyl (C=O) groups is 1. The van der Waals surface area contributed by atoms with Crippen LogP contribution in [-0.4, -0.2) is 32.0 Å². The molecule has 2 rings (SSSR count). The predicted octanol–water partition coefficient (Wildman–Crippen LogP) is 2.05. The second kappa shape index (κ2) is 6.69. The van der Waals surface area contributed by atoms with Gasteiger partial charge in [0.15, 0.2) is 17.2 Å². The SMILES string of the molecule is CC/C(=N\NC(=O)c1cc(O)c(O)c(O)c1)c1ccccc1O. The maximum absolute atomic E-state index is 12.0.